The zero-order chi connectivity index (χ0) is 31.7. The van der Waals surface area contributed by atoms with Gasteiger partial charge in [0, 0.05) is 55.0 Å². The van der Waals surface area contributed by atoms with Gasteiger partial charge in [-0.15, -0.1) is 0 Å². The smallest absolute Gasteiger partial charge is 0.202 e. The quantitative estimate of drug-likeness (QED) is 0.239. The molecule has 2 aliphatic carbocycles. The Morgan fingerprint density at radius 2 is 1.84 bits per heavy atom. The molecule has 0 aromatic heterocycles. The molecular formula is C31H33NO12. The highest BCUT2D eigenvalue weighted by Gasteiger charge is 2.50. The number of Topliss-reactive ketones (excluding diaryl/α,β-unsaturated/α-hetero) is 2. The van der Waals surface area contributed by atoms with Crippen molar-refractivity contribution < 1.29 is 58.9 Å². The highest BCUT2D eigenvalue weighted by molar-refractivity contribution is 6.31. The molecule has 5 N–H and O–H groups in total. The number of aliphatic hydroxyl groups excluding tert-OH is 2. The first kappa shape index (κ1) is 30.3. The molecule has 0 bridgehead atoms. The van der Waals surface area contributed by atoms with E-state index in [1.54, 1.807) is 6.92 Å². The summed E-state index contributed by atoms with van der Waals surface area (Å²) in [5.41, 5.74) is -3.70. The first-order valence-corrected chi connectivity index (χ1v) is 14.4. The van der Waals surface area contributed by atoms with Gasteiger partial charge in [-0.1, -0.05) is 12.1 Å². The molecule has 4 aliphatic rings. The van der Waals surface area contributed by atoms with Crippen molar-refractivity contribution >= 4 is 23.1 Å². The molecule has 234 valence electrons. The summed E-state index contributed by atoms with van der Waals surface area (Å²) < 4.78 is 17.5. The third-order valence-electron chi connectivity index (χ3n) is 9.26. The van der Waals surface area contributed by atoms with Crippen molar-refractivity contribution in [3.8, 4) is 17.2 Å². The lowest BCUT2D eigenvalue weighted by Gasteiger charge is -2.44. The normalized spacial score (nSPS) is 30.1. The summed E-state index contributed by atoms with van der Waals surface area (Å²) in [6, 6.07) is 3.84. The van der Waals surface area contributed by atoms with Crippen molar-refractivity contribution in [3.05, 3.63) is 51.6 Å². The second kappa shape index (κ2) is 11.0. The number of hydrogen-bond acceptors (Lipinski definition) is 13. The molecule has 6 atom stereocenters. The van der Waals surface area contributed by atoms with Crippen LogP contribution in [0.1, 0.15) is 75.3 Å². The van der Waals surface area contributed by atoms with Gasteiger partial charge in [-0.05, 0) is 13.0 Å². The summed E-state index contributed by atoms with van der Waals surface area (Å²) in [7, 11) is 1.32. The van der Waals surface area contributed by atoms with Crippen LogP contribution in [-0.2, 0) is 25.5 Å². The summed E-state index contributed by atoms with van der Waals surface area (Å²) in [5, 5.41) is 55.0. The van der Waals surface area contributed by atoms with Crippen LogP contribution in [0.4, 0.5) is 0 Å². The van der Waals surface area contributed by atoms with Crippen LogP contribution in [0, 0.1) is 0 Å². The molecule has 2 aromatic rings. The molecule has 6 rings (SSSR count). The number of likely N-dealkylation sites (tertiary alicyclic amines) is 1. The van der Waals surface area contributed by atoms with E-state index in [1.807, 2.05) is 4.90 Å². The van der Waals surface area contributed by atoms with Crippen LogP contribution < -0.4 is 4.74 Å². The molecule has 2 saturated heterocycles. The van der Waals surface area contributed by atoms with Gasteiger partial charge in [0.15, 0.2) is 17.9 Å². The minimum atomic E-state index is -2.27. The van der Waals surface area contributed by atoms with Crippen LogP contribution in [0.5, 0.6) is 17.2 Å². The number of ether oxygens (including phenoxy) is 3. The summed E-state index contributed by atoms with van der Waals surface area (Å²) in [4.78, 5) is 54.0. The second-order valence-corrected chi connectivity index (χ2v) is 11.8. The number of hydrogen-bond donors (Lipinski definition) is 5. The van der Waals surface area contributed by atoms with Gasteiger partial charge in [-0.3, -0.25) is 24.1 Å². The topological polar surface area (TPSA) is 200 Å². The number of carbonyl (C=O) groups excluding carboxylic acids is 4. The molecule has 0 unspecified atom stereocenters. The number of phenolic OH excluding ortho intramolecular Hbond substituents is 2. The maximum absolute atomic E-state index is 13.8. The zero-order valence-corrected chi connectivity index (χ0v) is 24.1. The second-order valence-electron chi connectivity index (χ2n) is 11.8. The largest absolute Gasteiger partial charge is 0.507 e. The van der Waals surface area contributed by atoms with Crippen LogP contribution in [0.2, 0.25) is 0 Å². The first-order chi connectivity index (χ1) is 20.9. The summed E-state index contributed by atoms with van der Waals surface area (Å²) in [6.07, 6.45) is -4.79. The monoisotopic (exact) mass is 611 g/mol. The molecule has 0 amide bonds. The Kier molecular flexibility index (Phi) is 7.59. The van der Waals surface area contributed by atoms with E-state index < -0.39 is 95.7 Å². The highest BCUT2D eigenvalue weighted by atomic mass is 16.7. The van der Waals surface area contributed by atoms with E-state index in [2.05, 4.69) is 0 Å². The molecule has 0 saturated carbocycles. The molecular weight excluding hydrogens is 578 g/mol. The van der Waals surface area contributed by atoms with Crippen molar-refractivity contribution in [2.45, 2.75) is 68.9 Å². The lowest BCUT2D eigenvalue weighted by molar-refractivity contribution is -0.257. The molecule has 2 aliphatic heterocycles. The summed E-state index contributed by atoms with van der Waals surface area (Å²) in [6.45, 7) is 1.19. The minimum Gasteiger partial charge on any atom is -0.507 e. The van der Waals surface area contributed by atoms with Crippen LogP contribution in [0.25, 0.3) is 0 Å². The Bertz CT molecular complexity index is 1590. The van der Waals surface area contributed by atoms with E-state index in [4.69, 9.17) is 14.2 Å². The number of aromatic hydroxyl groups is 2. The lowest BCUT2D eigenvalue weighted by Crippen LogP contribution is -2.55. The fraction of sp³-hybridized carbons (Fsp3) is 0.484. The summed E-state index contributed by atoms with van der Waals surface area (Å²) >= 11 is 0. The number of ketones is 4. The third kappa shape index (κ3) is 4.62. The number of phenols is 2. The van der Waals surface area contributed by atoms with Crippen molar-refractivity contribution in [1.82, 2.24) is 4.90 Å². The van der Waals surface area contributed by atoms with E-state index in [-0.39, 0.29) is 46.8 Å². The van der Waals surface area contributed by atoms with Crippen LogP contribution in [-0.4, -0.2) is 111 Å². The number of fused-ring (bicyclic) bond motifs is 3. The molecule has 2 heterocycles. The van der Waals surface area contributed by atoms with Crippen molar-refractivity contribution in [1.29, 1.82) is 0 Å². The van der Waals surface area contributed by atoms with Gasteiger partial charge in [0.1, 0.15) is 35.2 Å². The van der Waals surface area contributed by atoms with E-state index in [0.717, 1.165) is 0 Å². The predicted molar refractivity (Wildman–Crippen MR) is 149 cm³/mol. The van der Waals surface area contributed by atoms with Crippen molar-refractivity contribution in [2.75, 3.05) is 26.8 Å². The Labute approximate surface area is 251 Å². The van der Waals surface area contributed by atoms with E-state index in [1.165, 1.54) is 25.3 Å². The molecule has 13 nitrogen and oxygen atoms in total. The van der Waals surface area contributed by atoms with Gasteiger partial charge in [-0.25, -0.2) is 0 Å². The number of methoxy groups -OCH3 is 1. The Morgan fingerprint density at radius 3 is 2.50 bits per heavy atom. The molecule has 44 heavy (non-hydrogen) atoms. The van der Waals surface area contributed by atoms with Crippen molar-refractivity contribution in [2.24, 2.45) is 0 Å². The Morgan fingerprint density at radius 1 is 1.11 bits per heavy atom. The van der Waals surface area contributed by atoms with Gasteiger partial charge < -0.3 is 39.7 Å². The standard InChI is InChI=1S/C31H33NO12/c1-13-26(36)17(32-7-6-14(34)11-32)8-21(43-13)44-19-10-31(41,20(35)12-33)9-16-23(19)30(40)25-24(28(16)38)27(37)15-4-3-5-18(42-2)22(15)29(25)39/h3-5,13,17,19,21,26,33,36,38,40-41H,6-12H2,1-2H3/t13-,17-,19-,21-,26+,31-/m0/s1. The molecule has 0 radical (unpaired) electrons. The molecule has 2 aromatic carbocycles. The van der Waals surface area contributed by atoms with Crippen LogP contribution in [0.3, 0.4) is 0 Å². The highest BCUT2D eigenvalue weighted by Crippen LogP contribution is 2.52. The van der Waals surface area contributed by atoms with Gasteiger partial charge in [0.2, 0.25) is 5.78 Å². The average molecular weight is 612 g/mol. The predicted octanol–water partition coefficient (Wildman–Crippen LogP) is 0.317. The number of carbonyl (C=O) groups is 4. The Hall–Kier alpha value is -3.72. The molecule has 13 heteroatoms. The SMILES string of the molecule is COc1cccc2c1C(=O)c1c(O)c3c(c(O)c1C2=O)C[C@@](O)(C(=O)CO)C[C@@H]3O[C@H]1C[C@H](N2CCC(=O)C2)[C@H](O)[C@H](C)O1. The van der Waals surface area contributed by atoms with E-state index in [0.29, 0.717) is 13.0 Å². The zero-order valence-electron chi connectivity index (χ0n) is 24.1. The molecule has 2 fully saturated rings. The van der Waals surface area contributed by atoms with Crippen molar-refractivity contribution in [3.63, 3.8) is 0 Å². The fourth-order valence-corrected chi connectivity index (χ4v) is 6.99. The van der Waals surface area contributed by atoms with E-state index in [9.17, 15) is 44.7 Å². The van der Waals surface area contributed by atoms with Crippen LogP contribution >= 0.6 is 0 Å². The lowest BCUT2D eigenvalue weighted by atomic mass is 9.72. The third-order valence-corrected chi connectivity index (χ3v) is 9.26. The minimum absolute atomic E-state index is 0.0326. The average Bonchev–Trinajstić information content (AvgIpc) is 3.44. The van der Waals surface area contributed by atoms with Gasteiger partial charge in [-0.2, -0.15) is 0 Å². The van der Waals surface area contributed by atoms with Gasteiger partial charge >= 0.3 is 0 Å². The number of aliphatic hydroxyl groups is 3. The first-order valence-electron chi connectivity index (χ1n) is 14.4. The molecule has 0 spiro atoms. The van der Waals surface area contributed by atoms with Gasteiger partial charge in [0.05, 0.1) is 48.7 Å². The maximum Gasteiger partial charge on any atom is 0.202 e. The number of benzene rings is 2. The number of rotatable bonds is 6. The number of nitrogens with zero attached hydrogens (tertiary/aromatic N) is 1. The summed E-state index contributed by atoms with van der Waals surface area (Å²) in [5.74, 6) is -3.79. The van der Waals surface area contributed by atoms with Gasteiger partial charge in [0.25, 0.3) is 0 Å². The van der Waals surface area contributed by atoms with E-state index >= 15 is 0 Å². The fourth-order valence-electron chi connectivity index (χ4n) is 6.99. The maximum atomic E-state index is 13.8. The Balaban J connectivity index is 1.45. The van der Waals surface area contributed by atoms with Crippen LogP contribution in [0.15, 0.2) is 18.2 Å².